The summed E-state index contributed by atoms with van der Waals surface area (Å²) >= 11 is 0. The van der Waals surface area contributed by atoms with Crippen LogP contribution in [-0.4, -0.2) is 16.3 Å². The van der Waals surface area contributed by atoms with Gasteiger partial charge in [-0.05, 0) is 36.6 Å². The number of nitrogens with zero attached hydrogens (tertiary/aromatic N) is 2. The number of rotatable bonds is 6. The first-order valence-electron chi connectivity index (χ1n) is 6.92. The van der Waals surface area contributed by atoms with Crippen molar-refractivity contribution in [2.75, 3.05) is 6.54 Å². The largest absolute Gasteiger partial charge is 0.311 e. The van der Waals surface area contributed by atoms with Gasteiger partial charge in [-0.25, -0.2) is 0 Å². The first-order valence-corrected chi connectivity index (χ1v) is 6.92. The van der Waals surface area contributed by atoms with Crippen LogP contribution in [0.5, 0.6) is 0 Å². The molecule has 0 radical (unpaired) electrons. The average Bonchev–Trinajstić information content (AvgIpc) is 2.79. The Labute approximate surface area is 115 Å². The fourth-order valence-corrected chi connectivity index (χ4v) is 2.04. The third-order valence-corrected chi connectivity index (χ3v) is 3.15. The van der Waals surface area contributed by atoms with Gasteiger partial charge in [-0.2, -0.15) is 5.10 Å². The summed E-state index contributed by atoms with van der Waals surface area (Å²) in [5.41, 5.74) is 3.75. The van der Waals surface area contributed by atoms with Crippen LogP contribution in [0.15, 0.2) is 36.5 Å². The maximum Gasteiger partial charge on any atom is 0.0762 e. The minimum absolute atomic E-state index is 0.675. The number of hydrogen-bond donors (Lipinski definition) is 1. The Balaban J connectivity index is 1.92. The summed E-state index contributed by atoms with van der Waals surface area (Å²) < 4.78 is 2.01. The van der Waals surface area contributed by atoms with Gasteiger partial charge in [0.1, 0.15) is 0 Å². The van der Waals surface area contributed by atoms with Crippen molar-refractivity contribution in [3.8, 4) is 0 Å². The Kier molecular flexibility index (Phi) is 4.74. The van der Waals surface area contributed by atoms with E-state index in [9.17, 15) is 0 Å². The molecular formula is C16H23N3. The molecule has 1 N–H and O–H groups in total. The average molecular weight is 257 g/mol. The summed E-state index contributed by atoms with van der Waals surface area (Å²) in [5.74, 6) is 0.675. The molecule has 0 bridgehead atoms. The normalized spacial score (nSPS) is 11.2. The van der Waals surface area contributed by atoms with Gasteiger partial charge < -0.3 is 5.32 Å². The molecule has 1 heterocycles. The second-order valence-electron chi connectivity index (χ2n) is 5.46. The molecule has 0 aliphatic carbocycles. The summed E-state index contributed by atoms with van der Waals surface area (Å²) in [6, 6.07) is 10.5. The smallest absolute Gasteiger partial charge is 0.0762 e. The van der Waals surface area contributed by atoms with E-state index in [1.807, 2.05) is 4.68 Å². The van der Waals surface area contributed by atoms with Crippen LogP contribution in [0.4, 0.5) is 0 Å². The minimum atomic E-state index is 0.675. The first-order chi connectivity index (χ1) is 9.15. The predicted molar refractivity (Wildman–Crippen MR) is 79.1 cm³/mol. The molecule has 1 aromatic carbocycles. The van der Waals surface area contributed by atoms with Crippen molar-refractivity contribution < 1.29 is 0 Å². The molecule has 19 heavy (non-hydrogen) atoms. The summed E-state index contributed by atoms with van der Waals surface area (Å²) in [6.45, 7) is 9.29. The van der Waals surface area contributed by atoms with Crippen LogP contribution < -0.4 is 5.32 Å². The molecule has 0 aliphatic heterocycles. The lowest BCUT2D eigenvalue weighted by Crippen LogP contribution is -2.19. The van der Waals surface area contributed by atoms with E-state index in [0.29, 0.717) is 5.92 Å². The number of hydrogen-bond acceptors (Lipinski definition) is 2. The second-order valence-corrected chi connectivity index (χ2v) is 5.46. The van der Waals surface area contributed by atoms with Crippen LogP contribution in [0, 0.1) is 12.8 Å². The molecule has 0 saturated heterocycles. The maximum absolute atomic E-state index is 4.60. The molecule has 0 amide bonds. The van der Waals surface area contributed by atoms with Crippen molar-refractivity contribution in [1.29, 1.82) is 0 Å². The number of aromatic nitrogens is 2. The summed E-state index contributed by atoms with van der Waals surface area (Å²) in [4.78, 5) is 0. The van der Waals surface area contributed by atoms with Crippen molar-refractivity contribution in [3.05, 3.63) is 53.3 Å². The maximum atomic E-state index is 4.60. The standard InChI is InChI=1S/C16H23N3/c1-13(2)10-17-11-16-8-9-19(18-16)12-15-7-5-4-6-14(15)3/h4-9,13,17H,10-12H2,1-3H3. The highest BCUT2D eigenvalue weighted by Gasteiger charge is 2.02. The van der Waals surface area contributed by atoms with Gasteiger partial charge in [0.25, 0.3) is 0 Å². The molecule has 0 unspecified atom stereocenters. The van der Waals surface area contributed by atoms with Crippen LogP contribution >= 0.6 is 0 Å². The van der Waals surface area contributed by atoms with Gasteiger partial charge in [0.2, 0.25) is 0 Å². The van der Waals surface area contributed by atoms with E-state index < -0.39 is 0 Å². The third kappa shape index (κ3) is 4.21. The molecule has 102 valence electrons. The van der Waals surface area contributed by atoms with Crippen molar-refractivity contribution >= 4 is 0 Å². The summed E-state index contributed by atoms with van der Waals surface area (Å²) in [7, 11) is 0. The fraction of sp³-hybridized carbons (Fsp3) is 0.438. The fourth-order valence-electron chi connectivity index (χ4n) is 2.04. The zero-order valence-corrected chi connectivity index (χ0v) is 12.1. The molecule has 0 saturated carbocycles. The lowest BCUT2D eigenvalue weighted by Gasteiger charge is -2.06. The Morgan fingerprint density at radius 1 is 1.21 bits per heavy atom. The van der Waals surface area contributed by atoms with Crippen LogP contribution in [0.1, 0.15) is 30.7 Å². The Bertz CT molecular complexity index is 514. The van der Waals surface area contributed by atoms with E-state index in [0.717, 1.165) is 25.3 Å². The second kappa shape index (κ2) is 6.53. The monoisotopic (exact) mass is 257 g/mol. The van der Waals surface area contributed by atoms with Crippen molar-refractivity contribution in [2.45, 2.75) is 33.9 Å². The molecule has 1 aromatic heterocycles. The Morgan fingerprint density at radius 3 is 2.74 bits per heavy atom. The van der Waals surface area contributed by atoms with Crippen LogP contribution in [0.2, 0.25) is 0 Å². The topological polar surface area (TPSA) is 29.9 Å². The van der Waals surface area contributed by atoms with Gasteiger partial charge in [-0.15, -0.1) is 0 Å². The first kappa shape index (κ1) is 13.8. The molecule has 0 aliphatic rings. The zero-order chi connectivity index (χ0) is 13.7. The van der Waals surface area contributed by atoms with Crippen molar-refractivity contribution in [2.24, 2.45) is 5.92 Å². The van der Waals surface area contributed by atoms with Gasteiger partial charge in [-0.1, -0.05) is 38.1 Å². The van der Waals surface area contributed by atoms with Gasteiger partial charge in [-0.3, -0.25) is 4.68 Å². The van der Waals surface area contributed by atoms with E-state index in [1.165, 1.54) is 11.1 Å². The summed E-state index contributed by atoms with van der Waals surface area (Å²) in [6.07, 6.45) is 2.05. The Morgan fingerprint density at radius 2 is 2.00 bits per heavy atom. The highest BCUT2D eigenvalue weighted by molar-refractivity contribution is 5.25. The van der Waals surface area contributed by atoms with Crippen LogP contribution in [0.3, 0.4) is 0 Å². The SMILES string of the molecule is Cc1ccccc1Cn1ccc(CNCC(C)C)n1. The zero-order valence-electron chi connectivity index (χ0n) is 12.1. The predicted octanol–water partition coefficient (Wildman–Crippen LogP) is 2.99. The molecule has 2 aromatic rings. The van der Waals surface area contributed by atoms with E-state index >= 15 is 0 Å². The van der Waals surface area contributed by atoms with Crippen molar-refractivity contribution in [1.82, 2.24) is 15.1 Å². The van der Waals surface area contributed by atoms with E-state index in [-0.39, 0.29) is 0 Å². The third-order valence-electron chi connectivity index (χ3n) is 3.15. The van der Waals surface area contributed by atoms with E-state index in [4.69, 9.17) is 0 Å². The molecule has 0 spiro atoms. The molecule has 2 rings (SSSR count). The van der Waals surface area contributed by atoms with E-state index in [2.05, 4.69) is 67.7 Å². The van der Waals surface area contributed by atoms with E-state index in [1.54, 1.807) is 0 Å². The minimum Gasteiger partial charge on any atom is -0.311 e. The van der Waals surface area contributed by atoms with Crippen molar-refractivity contribution in [3.63, 3.8) is 0 Å². The number of aryl methyl sites for hydroxylation is 1. The van der Waals surface area contributed by atoms with Crippen LogP contribution in [-0.2, 0) is 13.1 Å². The molecule has 3 heteroatoms. The molecular weight excluding hydrogens is 234 g/mol. The van der Waals surface area contributed by atoms with Gasteiger partial charge in [0.15, 0.2) is 0 Å². The lowest BCUT2D eigenvalue weighted by atomic mass is 10.1. The van der Waals surface area contributed by atoms with Gasteiger partial charge in [0.05, 0.1) is 12.2 Å². The van der Waals surface area contributed by atoms with Gasteiger partial charge >= 0.3 is 0 Å². The highest BCUT2D eigenvalue weighted by atomic mass is 15.3. The van der Waals surface area contributed by atoms with Gasteiger partial charge in [0, 0.05) is 12.7 Å². The summed E-state index contributed by atoms with van der Waals surface area (Å²) in [5, 5.41) is 8.01. The van der Waals surface area contributed by atoms with Crippen LogP contribution in [0.25, 0.3) is 0 Å². The highest BCUT2D eigenvalue weighted by Crippen LogP contribution is 2.09. The molecule has 3 nitrogen and oxygen atoms in total. The lowest BCUT2D eigenvalue weighted by molar-refractivity contribution is 0.543. The molecule has 0 atom stereocenters. The quantitative estimate of drug-likeness (QED) is 0.862. The Hall–Kier alpha value is -1.61. The number of benzene rings is 1. The molecule has 0 fully saturated rings. The number of nitrogens with one attached hydrogen (secondary N) is 1.